The standard InChI is InChI=1S/C23H24ClN3O2S/c1-18-6-10-21(11-7-18)27(30(28)29)23-5-3-2-4-22(23)26-16-14-25(15-17-26)20-12-8-19(24)9-13-20/h2-13,30H,14-17H2,1H3. The molecule has 5 nitrogen and oxygen atoms in total. The van der Waals surface area contributed by atoms with Crippen molar-refractivity contribution in [2.45, 2.75) is 6.92 Å². The Bertz CT molecular complexity index is 1070. The van der Waals surface area contributed by atoms with Crippen LogP contribution in [0.4, 0.5) is 22.7 Å². The zero-order chi connectivity index (χ0) is 21.1. The van der Waals surface area contributed by atoms with E-state index in [0.29, 0.717) is 11.4 Å². The molecule has 1 aliphatic rings. The normalized spacial score (nSPS) is 14.2. The van der Waals surface area contributed by atoms with Crippen LogP contribution < -0.4 is 14.1 Å². The van der Waals surface area contributed by atoms with E-state index in [4.69, 9.17) is 11.6 Å². The van der Waals surface area contributed by atoms with Crippen LogP contribution in [0, 0.1) is 6.92 Å². The van der Waals surface area contributed by atoms with E-state index in [9.17, 15) is 8.42 Å². The van der Waals surface area contributed by atoms with Gasteiger partial charge in [0, 0.05) is 36.9 Å². The second-order valence-corrected chi connectivity index (χ2v) is 8.64. The molecule has 1 heterocycles. The first kappa shape index (κ1) is 20.6. The number of piperazine rings is 1. The number of thiol groups is 1. The zero-order valence-corrected chi connectivity index (χ0v) is 18.4. The lowest BCUT2D eigenvalue weighted by molar-refractivity contribution is 0.614. The number of para-hydroxylation sites is 2. The van der Waals surface area contributed by atoms with Gasteiger partial charge in [0.1, 0.15) is 0 Å². The molecule has 0 N–H and O–H groups in total. The molecule has 0 aromatic heterocycles. The molecular formula is C23H24ClN3O2S. The number of hydrogen-bond acceptors (Lipinski definition) is 4. The summed E-state index contributed by atoms with van der Waals surface area (Å²) in [6.45, 7) is 5.29. The van der Waals surface area contributed by atoms with Gasteiger partial charge >= 0.3 is 0 Å². The van der Waals surface area contributed by atoms with E-state index in [1.54, 1.807) is 0 Å². The van der Waals surface area contributed by atoms with Gasteiger partial charge in [0.15, 0.2) is 0 Å². The van der Waals surface area contributed by atoms with Crippen molar-refractivity contribution in [1.82, 2.24) is 0 Å². The minimum Gasteiger partial charge on any atom is -0.368 e. The first-order valence-electron chi connectivity index (χ1n) is 9.88. The van der Waals surface area contributed by atoms with Gasteiger partial charge in [-0.25, -0.2) is 12.7 Å². The largest absolute Gasteiger partial charge is 0.368 e. The fraction of sp³-hybridized carbons (Fsp3) is 0.217. The Morgan fingerprint density at radius 2 is 1.40 bits per heavy atom. The van der Waals surface area contributed by atoms with Crippen LogP contribution in [0.1, 0.15) is 5.56 Å². The van der Waals surface area contributed by atoms with Crippen LogP contribution in [-0.2, 0) is 10.9 Å². The van der Waals surface area contributed by atoms with Gasteiger partial charge < -0.3 is 9.80 Å². The first-order valence-corrected chi connectivity index (χ1v) is 11.4. The van der Waals surface area contributed by atoms with Gasteiger partial charge in [-0.1, -0.05) is 41.4 Å². The molecule has 1 saturated heterocycles. The van der Waals surface area contributed by atoms with E-state index >= 15 is 0 Å². The number of hydrogen-bond donors (Lipinski definition) is 1. The van der Waals surface area contributed by atoms with Gasteiger partial charge in [0.05, 0.1) is 17.1 Å². The summed E-state index contributed by atoms with van der Waals surface area (Å²) in [5.41, 5.74) is 4.48. The van der Waals surface area contributed by atoms with Gasteiger partial charge in [-0.2, -0.15) is 0 Å². The summed E-state index contributed by atoms with van der Waals surface area (Å²) in [5, 5.41) is 0.731. The molecule has 0 amide bonds. The van der Waals surface area contributed by atoms with E-state index in [1.807, 2.05) is 79.7 Å². The third-order valence-corrected chi connectivity index (χ3v) is 6.39. The Morgan fingerprint density at radius 1 is 0.800 bits per heavy atom. The molecule has 4 rings (SSSR count). The van der Waals surface area contributed by atoms with Crippen LogP contribution >= 0.6 is 11.6 Å². The van der Waals surface area contributed by atoms with Crippen LogP contribution in [-0.4, -0.2) is 34.6 Å². The molecule has 7 heteroatoms. The molecule has 0 spiro atoms. The van der Waals surface area contributed by atoms with Crippen molar-refractivity contribution >= 4 is 45.2 Å². The molecule has 1 fully saturated rings. The number of halogens is 1. The average Bonchev–Trinajstić information content (AvgIpc) is 2.76. The molecule has 0 bridgehead atoms. The van der Waals surface area contributed by atoms with Crippen molar-refractivity contribution in [3.8, 4) is 0 Å². The molecule has 30 heavy (non-hydrogen) atoms. The number of anilines is 4. The van der Waals surface area contributed by atoms with Gasteiger partial charge in [-0.3, -0.25) is 0 Å². The number of benzene rings is 3. The minimum absolute atomic E-state index is 0.643. The van der Waals surface area contributed by atoms with Crippen molar-refractivity contribution in [3.05, 3.63) is 83.4 Å². The van der Waals surface area contributed by atoms with Crippen LogP contribution in [0.2, 0.25) is 5.02 Å². The Hall–Kier alpha value is -2.70. The maximum Gasteiger partial charge on any atom is 0.229 e. The number of nitrogens with zero attached hydrogens (tertiary/aromatic N) is 3. The summed E-state index contributed by atoms with van der Waals surface area (Å²) in [6, 6.07) is 23.1. The van der Waals surface area contributed by atoms with Crippen molar-refractivity contribution in [1.29, 1.82) is 0 Å². The molecule has 0 unspecified atom stereocenters. The van der Waals surface area contributed by atoms with E-state index in [2.05, 4.69) is 9.80 Å². The van der Waals surface area contributed by atoms with Crippen LogP contribution in [0.3, 0.4) is 0 Å². The number of aryl methyl sites for hydroxylation is 1. The van der Waals surface area contributed by atoms with Crippen LogP contribution in [0.5, 0.6) is 0 Å². The topological polar surface area (TPSA) is 43.9 Å². The van der Waals surface area contributed by atoms with Gasteiger partial charge in [-0.15, -0.1) is 0 Å². The highest BCUT2D eigenvalue weighted by molar-refractivity contribution is 7.74. The third-order valence-electron chi connectivity index (χ3n) is 5.36. The third kappa shape index (κ3) is 4.40. The summed E-state index contributed by atoms with van der Waals surface area (Å²) in [6.07, 6.45) is 0. The fourth-order valence-electron chi connectivity index (χ4n) is 3.78. The van der Waals surface area contributed by atoms with Gasteiger partial charge in [-0.05, 0) is 55.5 Å². The highest BCUT2D eigenvalue weighted by atomic mass is 35.5. The van der Waals surface area contributed by atoms with Gasteiger partial charge in [0.25, 0.3) is 0 Å². The first-order chi connectivity index (χ1) is 14.5. The Balaban J connectivity index is 1.59. The highest BCUT2D eigenvalue weighted by Gasteiger charge is 2.23. The highest BCUT2D eigenvalue weighted by Crippen LogP contribution is 2.35. The Kier molecular flexibility index (Phi) is 6.16. The van der Waals surface area contributed by atoms with E-state index in [-0.39, 0.29) is 0 Å². The van der Waals surface area contributed by atoms with Crippen molar-refractivity contribution in [2.75, 3.05) is 40.3 Å². The quantitative estimate of drug-likeness (QED) is 0.586. The summed E-state index contributed by atoms with van der Waals surface area (Å²) in [4.78, 5) is 4.57. The van der Waals surface area contributed by atoms with Crippen molar-refractivity contribution < 1.29 is 8.42 Å². The smallest absolute Gasteiger partial charge is 0.229 e. The molecule has 3 aromatic carbocycles. The SMILES string of the molecule is Cc1ccc(N(c2ccccc2N2CCN(c3ccc(Cl)cc3)CC2)[SH](=O)=O)cc1. The second-order valence-electron chi connectivity index (χ2n) is 7.32. The summed E-state index contributed by atoms with van der Waals surface area (Å²) in [5.74, 6) is 0. The van der Waals surface area contributed by atoms with E-state index in [1.165, 1.54) is 4.31 Å². The molecule has 156 valence electrons. The lowest BCUT2D eigenvalue weighted by Crippen LogP contribution is -2.46. The minimum atomic E-state index is -2.83. The molecule has 0 aliphatic carbocycles. The van der Waals surface area contributed by atoms with E-state index < -0.39 is 10.9 Å². The van der Waals surface area contributed by atoms with Crippen LogP contribution in [0.15, 0.2) is 72.8 Å². The van der Waals surface area contributed by atoms with Crippen molar-refractivity contribution in [2.24, 2.45) is 0 Å². The molecular weight excluding hydrogens is 418 g/mol. The lowest BCUT2D eigenvalue weighted by atomic mass is 10.1. The lowest BCUT2D eigenvalue weighted by Gasteiger charge is -2.38. The summed E-state index contributed by atoms with van der Waals surface area (Å²) < 4.78 is 25.8. The molecule has 0 saturated carbocycles. The van der Waals surface area contributed by atoms with Crippen LogP contribution in [0.25, 0.3) is 0 Å². The zero-order valence-electron chi connectivity index (χ0n) is 16.7. The maximum atomic E-state index is 12.2. The Labute approximate surface area is 184 Å². The predicted molar refractivity (Wildman–Crippen MR) is 126 cm³/mol. The molecule has 1 aliphatic heterocycles. The fourth-order valence-corrected chi connectivity index (χ4v) is 4.57. The monoisotopic (exact) mass is 441 g/mol. The van der Waals surface area contributed by atoms with E-state index in [0.717, 1.165) is 48.1 Å². The van der Waals surface area contributed by atoms with Gasteiger partial charge in [0.2, 0.25) is 10.9 Å². The summed E-state index contributed by atoms with van der Waals surface area (Å²) >= 11 is 6.00. The average molecular weight is 442 g/mol. The predicted octanol–water partition coefficient (Wildman–Crippen LogP) is 4.64. The molecule has 3 aromatic rings. The van der Waals surface area contributed by atoms with Crippen molar-refractivity contribution in [3.63, 3.8) is 0 Å². The molecule has 0 atom stereocenters. The second kappa shape index (κ2) is 8.98. The number of rotatable bonds is 5. The molecule has 0 radical (unpaired) electrons. The maximum absolute atomic E-state index is 12.2. The summed E-state index contributed by atoms with van der Waals surface area (Å²) in [7, 11) is -2.83. The Morgan fingerprint density at radius 3 is 2.03 bits per heavy atom.